The third kappa shape index (κ3) is 3.98. The lowest BCUT2D eigenvalue weighted by molar-refractivity contribution is 0.194. The van der Waals surface area contributed by atoms with Crippen molar-refractivity contribution in [3.05, 3.63) is 112 Å². The van der Waals surface area contributed by atoms with Crippen LogP contribution >= 0.6 is 11.6 Å². The van der Waals surface area contributed by atoms with Gasteiger partial charge in [-0.2, -0.15) is 0 Å². The molecule has 5 rings (SSSR count). The van der Waals surface area contributed by atoms with Crippen LogP contribution in [0.5, 0.6) is 0 Å². The van der Waals surface area contributed by atoms with Gasteiger partial charge in [-0.3, -0.25) is 0 Å². The van der Waals surface area contributed by atoms with Crippen LogP contribution in [0.25, 0.3) is 5.82 Å². The first-order chi connectivity index (χ1) is 15.9. The number of anilines is 1. The molecule has 1 aliphatic rings. The first-order valence-corrected chi connectivity index (χ1v) is 11.0. The summed E-state index contributed by atoms with van der Waals surface area (Å²) in [6.45, 7) is 4.33. The lowest BCUT2D eigenvalue weighted by Gasteiger charge is -2.31. The Morgan fingerprint density at radius 3 is 2.64 bits per heavy atom. The highest BCUT2D eigenvalue weighted by Gasteiger charge is 2.34. The SMILES string of the molecule is Cc1cc(C)c2c(n1)-n1cccc1C(c1ccc(F)cc1)N(C(=O)Nc1cccc(Cl)c1)C2. The minimum atomic E-state index is -0.450. The number of rotatable bonds is 2. The van der Waals surface area contributed by atoms with E-state index in [1.807, 2.05) is 42.8 Å². The summed E-state index contributed by atoms with van der Waals surface area (Å²) >= 11 is 6.12. The number of amides is 2. The molecule has 2 aromatic heterocycles. The molecule has 1 N–H and O–H groups in total. The topological polar surface area (TPSA) is 50.2 Å². The van der Waals surface area contributed by atoms with Crippen molar-refractivity contribution < 1.29 is 9.18 Å². The molecule has 5 nitrogen and oxygen atoms in total. The number of carbonyl (C=O) groups is 1. The molecule has 0 bridgehead atoms. The van der Waals surface area contributed by atoms with E-state index in [2.05, 4.69) is 5.32 Å². The van der Waals surface area contributed by atoms with Crippen molar-refractivity contribution in [3.63, 3.8) is 0 Å². The Bertz CT molecular complexity index is 1350. The van der Waals surface area contributed by atoms with Crippen LogP contribution in [-0.2, 0) is 6.54 Å². The predicted molar refractivity (Wildman–Crippen MR) is 127 cm³/mol. The summed E-state index contributed by atoms with van der Waals surface area (Å²) in [7, 11) is 0. The molecule has 33 heavy (non-hydrogen) atoms. The number of hydrogen-bond acceptors (Lipinski definition) is 2. The maximum atomic E-state index is 13.7. The van der Waals surface area contributed by atoms with Gasteiger partial charge in [0.25, 0.3) is 0 Å². The third-order valence-corrected chi connectivity index (χ3v) is 6.14. The van der Waals surface area contributed by atoms with Crippen LogP contribution in [0.3, 0.4) is 0 Å². The second kappa shape index (κ2) is 8.37. The highest BCUT2D eigenvalue weighted by atomic mass is 35.5. The quantitative estimate of drug-likeness (QED) is 0.375. The Morgan fingerprint density at radius 1 is 1.09 bits per heavy atom. The van der Waals surface area contributed by atoms with E-state index in [4.69, 9.17) is 16.6 Å². The molecule has 0 saturated heterocycles. The summed E-state index contributed by atoms with van der Waals surface area (Å²) in [5.41, 5.74) is 5.20. The van der Waals surface area contributed by atoms with E-state index in [-0.39, 0.29) is 11.8 Å². The van der Waals surface area contributed by atoms with Gasteiger partial charge in [0, 0.05) is 28.2 Å². The fourth-order valence-electron chi connectivity index (χ4n) is 4.42. The Kier molecular flexibility index (Phi) is 5.38. The van der Waals surface area contributed by atoms with E-state index in [0.717, 1.165) is 33.9 Å². The van der Waals surface area contributed by atoms with Crippen molar-refractivity contribution in [1.82, 2.24) is 14.5 Å². The monoisotopic (exact) mass is 460 g/mol. The molecular weight excluding hydrogens is 439 g/mol. The second-order valence-electron chi connectivity index (χ2n) is 8.21. The summed E-state index contributed by atoms with van der Waals surface area (Å²) < 4.78 is 15.8. The van der Waals surface area contributed by atoms with Crippen molar-refractivity contribution in [2.75, 3.05) is 5.32 Å². The molecule has 2 aromatic carbocycles. The van der Waals surface area contributed by atoms with Crippen molar-refractivity contribution in [1.29, 1.82) is 0 Å². The molecule has 1 unspecified atom stereocenters. The second-order valence-corrected chi connectivity index (χ2v) is 8.64. The average Bonchev–Trinajstić information content (AvgIpc) is 3.20. The normalized spacial score (nSPS) is 14.9. The highest BCUT2D eigenvalue weighted by molar-refractivity contribution is 6.30. The Balaban J connectivity index is 1.67. The van der Waals surface area contributed by atoms with Gasteiger partial charge in [0.2, 0.25) is 0 Å². The number of aromatic nitrogens is 2. The van der Waals surface area contributed by atoms with Crippen LogP contribution in [0.1, 0.15) is 34.1 Å². The van der Waals surface area contributed by atoms with E-state index in [1.54, 1.807) is 41.3 Å². The number of hydrogen-bond donors (Lipinski definition) is 1. The Morgan fingerprint density at radius 2 is 1.88 bits per heavy atom. The lowest BCUT2D eigenvalue weighted by Crippen LogP contribution is -2.38. The predicted octanol–water partition coefficient (Wildman–Crippen LogP) is 6.42. The van der Waals surface area contributed by atoms with Crippen molar-refractivity contribution in [3.8, 4) is 5.82 Å². The molecule has 166 valence electrons. The maximum absolute atomic E-state index is 13.7. The van der Waals surface area contributed by atoms with Crippen LogP contribution < -0.4 is 5.32 Å². The number of nitrogens with zero attached hydrogens (tertiary/aromatic N) is 3. The average molecular weight is 461 g/mol. The van der Waals surface area contributed by atoms with Gasteiger partial charge in [0.05, 0.1) is 18.3 Å². The molecule has 2 amide bonds. The van der Waals surface area contributed by atoms with Gasteiger partial charge in [0.1, 0.15) is 11.6 Å². The number of aryl methyl sites for hydroxylation is 2. The number of fused-ring (bicyclic) bond motifs is 3. The van der Waals surface area contributed by atoms with Crippen LogP contribution in [-0.4, -0.2) is 20.5 Å². The lowest BCUT2D eigenvalue weighted by atomic mass is 10.0. The molecule has 7 heteroatoms. The molecule has 1 atom stereocenters. The fourth-order valence-corrected chi connectivity index (χ4v) is 4.61. The van der Waals surface area contributed by atoms with Gasteiger partial charge in [-0.05, 0) is 73.5 Å². The molecular formula is C26H22ClFN4O. The van der Waals surface area contributed by atoms with Gasteiger partial charge >= 0.3 is 6.03 Å². The van der Waals surface area contributed by atoms with Crippen molar-refractivity contribution in [2.45, 2.75) is 26.4 Å². The smallest absolute Gasteiger partial charge is 0.308 e. The van der Waals surface area contributed by atoms with Gasteiger partial charge in [0.15, 0.2) is 0 Å². The van der Waals surface area contributed by atoms with Crippen LogP contribution in [0.4, 0.5) is 14.9 Å². The molecule has 4 aromatic rings. The van der Waals surface area contributed by atoms with Gasteiger partial charge < -0.3 is 14.8 Å². The highest BCUT2D eigenvalue weighted by Crippen LogP contribution is 2.37. The molecule has 3 heterocycles. The number of benzene rings is 2. The summed E-state index contributed by atoms with van der Waals surface area (Å²) in [5.74, 6) is 0.478. The number of carbonyl (C=O) groups excluding carboxylic acids is 1. The Labute approximate surface area is 196 Å². The first-order valence-electron chi connectivity index (χ1n) is 10.6. The summed E-state index contributed by atoms with van der Waals surface area (Å²) in [4.78, 5) is 20.2. The molecule has 0 radical (unpaired) electrons. The summed E-state index contributed by atoms with van der Waals surface area (Å²) in [6.07, 6.45) is 1.95. The molecule has 0 fully saturated rings. The number of nitrogens with one attached hydrogen (secondary N) is 1. The van der Waals surface area contributed by atoms with Crippen LogP contribution in [0, 0.1) is 19.7 Å². The summed E-state index contributed by atoms with van der Waals surface area (Å²) in [5, 5.41) is 3.51. The van der Waals surface area contributed by atoms with E-state index in [0.29, 0.717) is 17.3 Å². The minimum Gasteiger partial charge on any atom is -0.308 e. The fraction of sp³-hybridized carbons (Fsp3) is 0.154. The molecule has 0 aliphatic carbocycles. The molecule has 0 saturated carbocycles. The number of urea groups is 1. The standard InChI is InChI=1S/C26H22ClFN4O/c1-16-13-17(2)29-25-22(16)15-32(26(33)30-21-6-3-5-19(27)14-21)24(23-7-4-12-31(23)25)18-8-10-20(28)11-9-18/h3-14,24H,15H2,1-2H3,(H,30,33). The van der Waals surface area contributed by atoms with E-state index < -0.39 is 6.04 Å². The van der Waals surface area contributed by atoms with Crippen molar-refractivity contribution in [2.24, 2.45) is 0 Å². The zero-order valence-corrected chi connectivity index (χ0v) is 19.0. The van der Waals surface area contributed by atoms with Gasteiger partial charge in [-0.15, -0.1) is 0 Å². The van der Waals surface area contributed by atoms with Crippen LogP contribution in [0.2, 0.25) is 5.02 Å². The summed E-state index contributed by atoms with van der Waals surface area (Å²) in [6, 6.07) is 18.5. The zero-order chi connectivity index (χ0) is 23.1. The Hall–Kier alpha value is -3.64. The number of halogens is 2. The van der Waals surface area contributed by atoms with Crippen LogP contribution in [0.15, 0.2) is 72.9 Å². The molecule has 0 spiro atoms. The van der Waals surface area contributed by atoms with E-state index in [1.165, 1.54) is 12.1 Å². The minimum absolute atomic E-state index is 0.285. The number of pyridine rings is 1. The van der Waals surface area contributed by atoms with Gasteiger partial charge in [-0.1, -0.05) is 29.8 Å². The van der Waals surface area contributed by atoms with E-state index in [9.17, 15) is 9.18 Å². The van der Waals surface area contributed by atoms with Crippen molar-refractivity contribution >= 4 is 23.3 Å². The van der Waals surface area contributed by atoms with E-state index >= 15 is 0 Å². The third-order valence-electron chi connectivity index (χ3n) is 5.90. The maximum Gasteiger partial charge on any atom is 0.322 e. The largest absolute Gasteiger partial charge is 0.322 e. The van der Waals surface area contributed by atoms with Gasteiger partial charge in [-0.25, -0.2) is 14.2 Å². The molecule has 1 aliphatic heterocycles. The first kappa shape index (κ1) is 21.2. The zero-order valence-electron chi connectivity index (χ0n) is 18.2.